The zero-order chi connectivity index (χ0) is 25.3. The predicted molar refractivity (Wildman–Crippen MR) is 137 cm³/mol. The van der Waals surface area contributed by atoms with Crippen LogP contribution in [0.5, 0.6) is 11.5 Å². The molecule has 1 aromatic heterocycles. The maximum Gasteiger partial charge on any atom is 0.269 e. The maximum absolute atomic E-state index is 13.4. The van der Waals surface area contributed by atoms with E-state index < -0.39 is 5.41 Å². The molecule has 1 amide bonds. The highest BCUT2D eigenvalue weighted by molar-refractivity contribution is 7.07. The number of amides is 1. The van der Waals surface area contributed by atoms with E-state index in [4.69, 9.17) is 9.47 Å². The number of thiazole rings is 1. The molecule has 2 aliphatic heterocycles. The largest absolute Gasteiger partial charge is 0.486 e. The van der Waals surface area contributed by atoms with E-state index in [-0.39, 0.29) is 23.8 Å². The molecule has 2 aliphatic rings. The number of carbonyl (C=O) groups is 2. The number of benzene rings is 1. The Bertz CT molecular complexity index is 1290. The highest BCUT2D eigenvalue weighted by atomic mass is 32.1. The minimum atomic E-state index is -0.591. The number of ether oxygens (including phenoxy) is 2. The zero-order valence-electron chi connectivity index (χ0n) is 21.1. The molecule has 0 N–H and O–H groups in total. The lowest BCUT2D eigenvalue weighted by molar-refractivity contribution is -0.134. The molecule has 35 heavy (non-hydrogen) atoms. The summed E-state index contributed by atoms with van der Waals surface area (Å²) in [5.74, 6) is 1.99. The van der Waals surface area contributed by atoms with Crippen LogP contribution in [0.3, 0.4) is 0 Å². The Kier molecular flexibility index (Phi) is 7.22. The summed E-state index contributed by atoms with van der Waals surface area (Å²) >= 11 is 1.23. The Morgan fingerprint density at radius 2 is 1.74 bits per heavy atom. The first kappa shape index (κ1) is 25.2. The van der Waals surface area contributed by atoms with Crippen LogP contribution in [0.15, 0.2) is 23.0 Å². The lowest BCUT2D eigenvalue weighted by Crippen LogP contribution is -2.46. The second-order valence-electron chi connectivity index (χ2n) is 10.7. The summed E-state index contributed by atoms with van der Waals surface area (Å²) in [7, 11) is 0. The molecule has 7 nitrogen and oxygen atoms in total. The first-order valence-electron chi connectivity index (χ1n) is 12.2. The van der Waals surface area contributed by atoms with Crippen molar-refractivity contribution in [3.8, 4) is 11.5 Å². The van der Waals surface area contributed by atoms with Crippen molar-refractivity contribution in [3.63, 3.8) is 0 Å². The van der Waals surface area contributed by atoms with Gasteiger partial charge < -0.3 is 14.4 Å². The Labute approximate surface area is 209 Å². The highest BCUT2D eigenvalue weighted by Gasteiger charge is 2.26. The van der Waals surface area contributed by atoms with Crippen LogP contribution < -0.4 is 24.2 Å². The van der Waals surface area contributed by atoms with Gasteiger partial charge in [0.05, 0.1) is 4.53 Å². The number of ketones is 1. The number of likely N-dealkylation sites (tertiary alicyclic amines) is 1. The van der Waals surface area contributed by atoms with Crippen molar-refractivity contribution in [2.24, 2.45) is 17.3 Å². The average molecular weight is 499 g/mol. The first-order chi connectivity index (χ1) is 16.5. The van der Waals surface area contributed by atoms with E-state index in [1.54, 1.807) is 6.08 Å². The van der Waals surface area contributed by atoms with E-state index in [2.05, 4.69) is 13.8 Å². The lowest BCUT2D eigenvalue weighted by Gasteiger charge is -2.35. The summed E-state index contributed by atoms with van der Waals surface area (Å²) in [6.45, 7) is 12.1. The smallest absolute Gasteiger partial charge is 0.269 e. The van der Waals surface area contributed by atoms with Crippen molar-refractivity contribution in [1.29, 1.82) is 0 Å². The third-order valence-electron chi connectivity index (χ3n) is 6.31. The van der Waals surface area contributed by atoms with Crippen LogP contribution in [0.2, 0.25) is 0 Å². The van der Waals surface area contributed by atoms with E-state index >= 15 is 0 Å². The second-order valence-corrected chi connectivity index (χ2v) is 11.8. The molecule has 1 fully saturated rings. The third kappa shape index (κ3) is 5.86. The van der Waals surface area contributed by atoms with E-state index in [9.17, 15) is 14.4 Å². The van der Waals surface area contributed by atoms with Gasteiger partial charge in [-0.2, -0.15) is 0 Å². The number of rotatable bonds is 4. The van der Waals surface area contributed by atoms with Gasteiger partial charge in [0.25, 0.3) is 5.56 Å². The van der Waals surface area contributed by atoms with Gasteiger partial charge >= 0.3 is 0 Å². The van der Waals surface area contributed by atoms with Crippen LogP contribution in [0.4, 0.5) is 0 Å². The Morgan fingerprint density at radius 3 is 2.40 bits per heavy atom. The van der Waals surface area contributed by atoms with Crippen LogP contribution in [-0.2, 0) is 16.1 Å². The molecule has 0 saturated carbocycles. The number of carbonyl (C=O) groups excluding carboxylic acids is 2. The van der Waals surface area contributed by atoms with E-state index in [1.807, 2.05) is 43.9 Å². The minimum Gasteiger partial charge on any atom is -0.486 e. The predicted octanol–water partition coefficient (Wildman–Crippen LogP) is 2.41. The van der Waals surface area contributed by atoms with Gasteiger partial charge in [-0.15, -0.1) is 11.3 Å². The maximum atomic E-state index is 13.4. The van der Waals surface area contributed by atoms with Crippen molar-refractivity contribution in [3.05, 3.63) is 43.3 Å². The van der Waals surface area contributed by atoms with Crippen LogP contribution >= 0.6 is 11.3 Å². The fourth-order valence-corrected chi connectivity index (χ4v) is 5.57. The van der Waals surface area contributed by atoms with Gasteiger partial charge in [0.15, 0.2) is 17.3 Å². The molecule has 0 bridgehead atoms. The Morgan fingerprint density at radius 1 is 1.09 bits per heavy atom. The topological polar surface area (TPSA) is 77.8 Å². The van der Waals surface area contributed by atoms with Crippen molar-refractivity contribution in [2.45, 2.75) is 47.6 Å². The van der Waals surface area contributed by atoms with E-state index in [1.165, 1.54) is 22.0 Å². The van der Waals surface area contributed by atoms with Crippen LogP contribution in [0.25, 0.3) is 12.2 Å². The summed E-state index contributed by atoms with van der Waals surface area (Å²) < 4.78 is 13.6. The lowest BCUT2D eigenvalue weighted by atomic mass is 9.91. The minimum absolute atomic E-state index is 0.0764. The number of fused-ring (bicyclic) bond motifs is 1. The van der Waals surface area contributed by atoms with Crippen LogP contribution in [0, 0.1) is 17.3 Å². The highest BCUT2D eigenvalue weighted by Crippen LogP contribution is 2.30. The van der Waals surface area contributed by atoms with E-state index in [0.717, 1.165) is 12.0 Å². The number of hydrogen-bond acceptors (Lipinski definition) is 6. The fraction of sp³-hybridized carbons (Fsp3) is 0.519. The number of nitrogens with zero attached hydrogens (tertiary/aromatic N) is 2. The summed E-state index contributed by atoms with van der Waals surface area (Å²) in [5, 5.41) is 0. The number of piperidine rings is 1. The van der Waals surface area contributed by atoms with Gasteiger partial charge in [0.2, 0.25) is 5.91 Å². The fourth-order valence-electron chi connectivity index (χ4n) is 4.52. The van der Waals surface area contributed by atoms with Gasteiger partial charge in [0, 0.05) is 24.6 Å². The Hall–Kier alpha value is -2.87. The van der Waals surface area contributed by atoms with Crippen LogP contribution in [0.1, 0.15) is 46.6 Å². The number of Topliss-reactive ketones (excluding diaryl/α,β-unsaturated/α-hetero) is 1. The normalized spacial score (nSPS) is 21.3. The summed E-state index contributed by atoms with van der Waals surface area (Å²) in [4.78, 5) is 41.3. The standard InChI is InChI=1S/C27H34N2O5S/c1-17-10-18(2)15-28(14-17)24(31)16-29-25(13-23(30)27(3,4)5)35-22(26(29)32)12-19-6-7-20-21(11-19)34-9-8-33-20/h6-7,11-13,17-18H,8-10,14-16H2,1-5H3/b22-12+,25-13-. The van der Waals surface area contributed by atoms with Gasteiger partial charge in [-0.05, 0) is 42.0 Å². The molecule has 0 aliphatic carbocycles. The molecule has 2 unspecified atom stereocenters. The zero-order valence-corrected chi connectivity index (χ0v) is 21.9. The molecule has 188 valence electrons. The molecule has 4 rings (SSSR count). The van der Waals surface area contributed by atoms with Gasteiger partial charge in [-0.1, -0.05) is 40.7 Å². The molecule has 2 atom stereocenters. The van der Waals surface area contributed by atoms with Gasteiger partial charge in [0.1, 0.15) is 24.4 Å². The average Bonchev–Trinajstić information content (AvgIpc) is 3.06. The molecule has 8 heteroatoms. The molecule has 1 saturated heterocycles. The Balaban J connectivity index is 1.74. The molecule has 2 aromatic rings. The monoisotopic (exact) mass is 498 g/mol. The van der Waals surface area contributed by atoms with Crippen molar-refractivity contribution in [2.75, 3.05) is 26.3 Å². The molecule has 1 aromatic carbocycles. The summed E-state index contributed by atoms with van der Waals surface area (Å²) in [6, 6.07) is 5.52. The van der Waals surface area contributed by atoms with Crippen molar-refractivity contribution < 1.29 is 19.1 Å². The molecular formula is C27H34N2O5S. The number of aromatic nitrogens is 1. The van der Waals surface area contributed by atoms with Gasteiger partial charge in [-0.25, -0.2) is 0 Å². The quantitative estimate of drug-likeness (QED) is 0.647. The van der Waals surface area contributed by atoms with Crippen molar-refractivity contribution in [1.82, 2.24) is 9.47 Å². The summed E-state index contributed by atoms with van der Waals surface area (Å²) in [5.41, 5.74) is -0.0745. The molecule has 0 radical (unpaired) electrons. The van der Waals surface area contributed by atoms with E-state index in [0.29, 0.717) is 58.8 Å². The summed E-state index contributed by atoms with van der Waals surface area (Å²) in [6.07, 6.45) is 4.37. The molecule has 0 spiro atoms. The number of hydrogen-bond donors (Lipinski definition) is 0. The molecular weight excluding hydrogens is 464 g/mol. The van der Waals surface area contributed by atoms with Crippen LogP contribution in [-0.4, -0.2) is 47.5 Å². The SMILES string of the molecule is CC1CC(C)CN(C(=O)Cn2c(=O)/c(=C\c3ccc4c(c3)OCCO4)s/c2=C\C(=O)C(C)(C)C)C1. The third-order valence-corrected chi connectivity index (χ3v) is 7.37. The van der Waals surface area contributed by atoms with Gasteiger partial charge in [-0.3, -0.25) is 19.0 Å². The van der Waals surface area contributed by atoms with Crippen molar-refractivity contribution >= 4 is 35.2 Å². The first-order valence-corrected chi connectivity index (χ1v) is 13.0. The molecule has 3 heterocycles. The second kappa shape index (κ2) is 10.0.